The molecule has 150 valence electrons. The fourth-order valence-electron chi connectivity index (χ4n) is 3.22. The molecule has 0 aliphatic rings. The van der Waals surface area contributed by atoms with Crippen LogP contribution >= 0.6 is 11.6 Å². The molecule has 6 nitrogen and oxygen atoms in total. The van der Waals surface area contributed by atoms with Crippen molar-refractivity contribution in [2.45, 2.75) is 13.0 Å². The summed E-state index contributed by atoms with van der Waals surface area (Å²) in [6, 6.07) is 15.5. The number of pyridine rings is 2. The number of amides is 1. The lowest BCUT2D eigenvalue weighted by molar-refractivity contribution is 0.0951. The van der Waals surface area contributed by atoms with E-state index in [-0.39, 0.29) is 29.2 Å². The summed E-state index contributed by atoms with van der Waals surface area (Å²) in [4.78, 5) is 31.8. The van der Waals surface area contributed by atoms with E-state index in [0.29, 0.717) is 28.0 Å². The van der Waals surface area contributed by atoms with Crippen molar-refractivity contribution in [3.63, 3.8) is 0 Å². The number of aromatic amines is 1. The molecule has 2 aromatic heterocycles. The summed E-state index contributed by atoms with van der Waals surface area (Å²) in [5, 5.41) is 14.6. The van der Waals surface area contributed by atoms with E-state index in [1.807, 2.05) is 6.07 Å². The first-order valence-corrected chi connectivity index (χ1v) is 9.68. The molecular formula is C23H18ClN3O3. The Balaban J connectivity index is 1.63. The topological polar surface area (TPSA) is 95.1 Å². The molecule has 0 saturated carbocycles. The number of fused-ring (bicyclic) bond motifs is 1. The van der Waals surface area contributed by atoms with E-state index in [1.165, 1.54) is 0 Å². The lowest BCUT2D eigenvalue weighted by Crippen LogP contribution is -2.23. The molecule has 7 heteroatoms. The number of rotatable bonds is 5. The van der Waals surface area contributed by atoms with E-state index < -0.39 is 0 Å². The lowest BCUT2D eigenvalue weighted by atomic mass is 10.0. The van der Waals surface area contributed by atoms with Gasteiger partial charge in [-0.2, -0.15) is 0 Å². The summed E-state index contributed by atoms with van der Waals surface area (Å²) in [5.41, 5.74) is 2.42. The quantitative estimate of drug-likeness (QED) is 0.458. The third-order valence-electron chi connectivity index (χ3n) is 4.82. The monoisotopic (exact) mass is 419 g/mol. The second-order valence-corrected chi connectivity index (χ2v) is 7.33. The van der Waals surface area contributed by atoms with Crippen molar-refractivity contribution in [3.8, 4) is 5.75 Å². The van der Waals surface area contributed by atoms with E-state index >= 15 is 0 Å². The number of benzene rings is 2. The Labute approximate surface area is 177 Å². The van der Waals surface area contributed by atoms with Crippen LogP contribution in [0.5, 0.6) is 5.75 Å². The second-order valence-electron chi connectivity index (χ2n) is 6.89. The van der Waals surface area contributed by atoms with Crippen LogP contribution in [0.3, 0.4) is 0 Å². The van der Waals surface area contributed by atoms with Crippen LogP contribution in [0.15, 0.2) is 71.8 Å². The molecule has 3 N–H and O–H groups in total. The molecule has 0 aliphatic carbocycles. The molecule has 30 heavy (non-hydrogen) atoms. The van der Waals surface area contributed by atoms with Gasteiger partial charge in [0.2, 0.25) is 0 Å². The fourth-order valence-corrected chi connectivity index (χ4v) is 3.34. The first-order valence-electron chi connectivity index (χ1n) is 9.30. The van der Waals surface area contributed by atoms with Gasteiger partial charge in [-0.1, -0.05) is 29.8 Å². The number of carbonyl (C=O) groups is 1. The molecule has 2 heterocycles. The molecule has 0 aliphatic heterocycles. The minimum atomic E-state index is -0.372. The number of nitrogens with zero attached hydrogens (tertiary/aromatic N) is 1. The summed E-state index contributed by atoms with van der Waals surface area (Å²) in [7, 11) is 0. The van der Waals surface area contributed by atoms with E-state index in [2.05, 4.69) is 15.3 Å². The van der Waals surface area contributed by atoms with Crippen LogP contribution in [0.1, 0.15) is 27.0 Å². The number of aromatic nitrogens is 2. The van der Waals surface area contributed by atoms with Crippen molar-refractivity contribution >= 4 is 28.4 Å². The molecule has 4 aromatic rings. The van der Waals surface area contributed by atoms with E-state index in [9.17, 15) is 14.7 Å². The third-order valence-corrected chi connectivity index (χ3v) is 5.07. The molecule has 1 amide bonds. The van der Waals surface area contributed by atoms with Gasteiger partial charge in [0.15, 0.2) is 0 Å². The van der Waals surface area contributed by atoms with Crippen LogP contribution in [-0.4, -0.2) is 21.0 Å². The average molecular weight is 420 g/mol. The lowest BCUT2D eigenvalue weighted by Gasteiger charge is -2.10. The number of nitrogens with one attached hydrogen (secondary N) is 2. The van der Waals surface area contributed by atoms with Gasteiger partial charge in [-0.3, -0.25) is 14.6 Å². The van der Waals surface area contributed by atoms with Crippen molar-refractivity contribution in [1.29, 1.82) is 0 Å². The van der Waals surface area contributed by atoms with Gasteiger partial charge in [-0.05, 0) is 47.5 Å². The predicted molar refractivity (Wildman–Crippen MR) is 116 cm³/mol. The van der Waals surface area contributed by atoms with Gasteiger partial charge in [0, 0.05) is 41.3 Å². The summed E-state index contributed by atoms with van der Waals surface area (Å²) < 4.78 is 0. The Morgan fingerprint density at radius 3 is 2.63 bits per heavy atom. The molecule has 0 saturated heterocycles. The third kappa shape index (κ3) is 4.18. The molecule has 0 atom stereocenters. The van der Waals surface area contributed by atoms with E-state index in [4.69, 9.17) is 11.6 Å². The number of halogens is 1. The Morgan fingerprint density at radius 1 is 1.10 bits per heavy atom. The first kappa shape index (κ1) is 19.7. The van der Waals surface area contributed by atoms with Crippen molar-refractivity contribution in [2.75, 3.05) is 0 Å². The van der Waals surface area contributed by atoms with E-state index in [0.717, 1.165) is 11.1 Å². The van der Waals surface area contributed by atoms with E-state index in [1.54, 1.807) is 60.9 Å². The largest absolute Gasteiger partial charge is 0.507 e. The highest BCUT2D eigenvalue weighted by Gasteiger charge is 2.15. The fraction of sp³-hybridized carbons (Fsp3) is 0.0870. The molecular weight excluding hydrogens is 402 g/mol. The number of H-pyrrole nitrogens is 1. The van der Waals surface area contributed by atoms with Crippen molar-refractivity contribution in [3.05, 3.63) is 105 Å². The standard InChI is InChI=1S/C23H18ClN3O3/c24-17-6-3-14(4-7-17)10-19-21(28)18-11-16(5-8-20(18)27-23(19)30)22(29)26-13-15-2-1-9-25-12-15/h1-9,11-12H,10,13H2,(H,26,29)(H2,27,28,30). The molecule has 0 bridgehead atoms. The minimum Gasteiger partial charge on any atom is -0.507 e. The highest BCUT2D eigenvalue weighted by molar-refractivity contribution is 6.30. The summed E-state index contributed by atoms with van der Waals surface area (Å²) in [6.45, 7) is 0.337. The van der Waals surface area contributed by atoms with Gasteiger partial charge < -0.3 is 15.4 Å². The number of hydrogen-bond acceptors (Lipinski definition) is 4. The summed E-state index contributed by atoms with van der Waals surface area (Å²) in [6.07, 6.45) is 3.59. The minimum absolute atomic E-state index is 0.134. The average Bonchev–Trinajstić information content (AvgIpc) is 2.77. The maximum absolute atomic E-state index is 12.6. The SMILES string of the molecule is O=C(NCc1cccnc1)c1ccc2[nH]c(=O)c(Cc3ccc(Cl)cc3)c(O)c2c1. The van der Waals surface area contributed by atoms with Gasteiger partial charge in [0.05, 0.1) is 11.1 Å². The molecule has 0 spiro atoms. The van der Waals surface area contributed by atoms with Crippen LogP contribution in [0, 0.1) is 0 Å². The number of aromatic hydroxyl groups is 1. The number of hydrogen-bond donors (Lipinski definition) is 3. The molecule has 0 radical (unpaired) electrons. The Kier molecular flexibility index (Phi) is 5.50. The second kappa shape index (κ2) is 8.39. The first-order chi connectivity index (χ1) is 14.5. The molecule has 0 fully saturated rings. The summed E-state index contributed by atoms with van der Waals surface area (Å²) in [5.74, 6) is -0.420. The van der Waals surface area contributed by atoms with Crippen LogP contribution in [0.25, 0.3) is 10.9 Å². The molecule has 2 aromatic carbocycles. The zero-order valence-electron chi connectivity index (χ0n) is 15.9. The zero-order chi connectivity index (χ0) is 21.1. The van der Waals surface area contributed by atoms with Crippen LogP contribution < -0.4 is 10.9 Å². The maximum atomic E-state index is 12.6. The van der Waals surface area contributed by atoms with Crippen LogP contribution in [0.2, 0.25) is 5.02 Å². The van der Waals surface area contributed by atoms with Gasteiger partial charge >= 0.3 is 0 Å². The van der Waals surface area contributed by atoms with Crippen molar-refractivity contribution in [1.82, 2.24) is 15.3 Å². The Bertz CT molecular complexity index is 1270. The van der Waals surface area contributed by atoms with Gasteiger partial charge in [0.1, 0.15) is 5.75 Å². The highest BCUT2D eigenvalue weighted by atomic mass is 35.5. The molecule has 0 unspecified atom stereocenters. The zero-order valence-corrected chi connectivity index (χ0v) is 16.6. The van der Waals surface area contributed by atoms with Crippen molar-refractivity contribution < 1.29 is 9.90 Å². The Morgan fingerprint density at radius 2 is 1.90 bits per heavy atom. The number of carbonyl (C=O) groups excluding carboxylic acids is 1. The van der Waals surface area contributed by atoms with Crippen molar-refractivity contribution in [2.24, 2.45) is 0 Å². The van der Waals surface area contributed by atoms with Gasteiger partial charge in [-0.15, -0.1) is 0 Å². The van der Waals surface area contributed by atoms with Gasteiger partial charge in [0.25, 0.3) is 11.5 Å². The van der Waals surface area contributed by atoms with Crippen LogP contribution in [0.4, 0.5) is 0 Å². The van der Waals surface area contributed by atoms with Crippen LogP contribution in [-0.2, 0) is 13.0 Å². The smallest absolute Gasteiger partial charge is 0.255 e. The van der Waals surface area contributed by atoms with Gasteiger partial charge in [-0.25, -0.2) is 0 Å². The highest BCUT2D eigenvalue weighted by Crippen LogP contribution is 2.27. The predicted octanol–water partition coefficient (Wildman–Crippen LogP) is 3.80. The Hall–Kier alpha value is -3.64. The maximum Gasteiger partial charge on any atom is 0.255 e. The molecule has 4 rings (SSSR count). The summed E-state index contributed by atoms with van der Waals surface area (Å²) >= 11 is 5.91. The normalized spacial score (nSPS) is 10.8.